The molecule has 4 nitrogen and oxygen atoms in total. The molecule has 2 rings (SSSR count). The van der Waals surface area contributed by atoms with Crippen molar-refractivity contribution in [3.05, 3.63) is 35.4 Å². The summed E-state index contributed by atoms with van der Waals surface area (Å²) in [7, 11) is 0. The molecule has 6 heteroatoms. The molecular formula is C14H19F2N3O. The maximum absolute atomic E-state index is 13.6. The van der Waals surface area contributed by atoms with Gasteiger partial charge in [-0.15, -0.1) is 0 Å². The third-order valence-corrected chi connectivity index (χ3v) is 3.52. The monoisotopic (exact) mass is 283 g/mol. The number of rotatable bonds is 4. The molecule has 0 radical (unpaired) electrons. The predicted molar refractivity (Wildman–Crippen MR) is 72.4 cm³/mol. The first kappa shape index (κ1) is 14.9. The largest absolute Gasteiger partial charge is 0.336 e. The molecule has 1 saturated heterocycles. The second-order valence-electron chi connectivity index (χ2n) is 4.88. The van der Waals surface area contributed by atoms with E-state index in [1.165, 1.54) is 12.1 Å². The Hall–Kier alpha value is -1.53. The number of carbonyl (C=O) groups is 1. The van der Waals surface area contributed by atoms with Crippen LogP contribution in [-0.2, 0) is 0 Å². The van der Waals surface area contributed by atoms with Gasteiger partial charge in [-0.05, 0) is 31.6 Å². The average Bonchev–Trinajstić information content (AvgIpc) is 2.48. The smallest absolute Gasteiger partial charge is 0.257 e. The van der Waals surface area contributed by atoms with E-state index in [2.05, 4.69) is 4.90 Å². The van der Waals surface area contributed by atoms with Gasteiger partial charge in [-0.1, -0.05) is 6.07 Å². The Morgan fingerprint density at radius 3 is 2.55 bits per heavy atom. The zero-order chi connectivity index (χ0) is 14.5. The summed E-state index contributed by atoms with van der Waals surface area (Å²) >= 11 is 0. The minimum absolute atomic E-state index is 0.194. The van der Waals surface area contributed by atoms with E-state index in [-0.39, 0.29) is 5.56 Å². The molecule has 0 spiro atoms. The number of nitrogens with zero attached hydrogens (tertiary/aromatic N) is 2. The van der Waals surface area contributed by atoms with Crippen molar-refractivity contribution in [1.82, 2.24) is 9.80 Å². The van der Waals surface area contributed by atoms with Crippen LogP contribution >= 0.6 is 0 Å². The zero-order valence-electron chi connectivity index (χ0n) is 11.3. The molecule has 0 bridgehead atoms. The molecule has 0 aromatic heterocycles. The lowest BCUT2D eigenvalue weighted by Gasteiger charge is -2.34. The summed E-state index contributed by atoms with van der Waals surface area (Å²) in [5, 5.41) is 0. The van der Waals surface area contributed by atoms with E-state index < -0.39 is 17.5 Å². The molecule has 1 aromatic carbocycles. The third-order valence-electron chi connectivity index (χ3n) is 3.52. The fourth-order valence-corrected chi connectivity index (χ4v) is 2.33. The summed E-state index contributed by atoms with van der Waals surface area (Å²) in [5.74, 6) is -2.50. The van der Waals surface area contributed by atoms with Crippen LogP contribution in [0.5, 0.6) is 0 Å². The molecular weight excluding hydrogens is 264 g/mol. The van der Waals surface area contributed by atoms with Gasteiger partial charge in [0, 0.05) is 26.2 Å². The topological polar surface area (TPSA) is 49.6 Å². The maximum atomic E-state index is 13.6. The minimum atomic E-state index is -1.07. The molecule has 1 amide bonds. The van der Waals surface area contributed by atoms with Crippen LogP contribution in [0.15, 0.2) is 18.2 Å². The Balaban J connectivity index is 1.96. The lowest BCUT2D eigenvalue weighted by molar-refractivity contribution is 0.0631. The van der Waals surface area contributed by atoms with Crippen molar-refractivity contribution in [2.75, 3.05) is 39.3 Å². The molecule has 1 aliphatic rings. The zero-order valence-corrected chi connectivity index (χ0v) is 11.3. The molecule has 20 heavy (non-hydrogen) atoms. The molecule has 1 heterocycles. The van der Waals surface area contributed by atoms with Gasteiger partial charge < -0.3 is 10.6 Å². The lowest BCUT2D eigenvalue weighted by Crippen LogP contribution is -2.49. The van der Waals surface area contributed by atoms with E-state index in [0.717, 1.165) is 32.1 Å². The summed E-state index contributed by atoms with van der Waals surface area (Å²) in [4.78, 5) is 16.0. The number of hydrogen-bond donors (Lipinski definition) is 1. The van der Waals surface area contributed by atoms with Gasteiger partial charge in [0.25, 0.3) is 5.91 Å². The van der Waals surface area contributed by atoms with Crippen molar-refractivity contribution in [2.24, 2.45) is 5.73 Å². The van der Waals surface area contributed by atoms with Crippen LogP contribution in [0.3, 0.4) is 0 Å². The molecule has 0 aliphatic carbocycles. The Morgan fingerprint density at radius 1 is 1.20 bits per heavy atom. The van der Waals surface area contributed by atoms with Crippen molar-refractivity contribution in [3.63, 3.8) is 0 Å². The fraction of sp³-hybridized carbons (Fsp3) is 0.500. The highest BCUT2D eigenvalue weighted by molar-refractivity contribution is 5.94. The maximum Gasteiger partial charge on any atom is 0.257 e. The number of piperazine rings is 1. The molecule has 2 N–H and O–H groups in total. The van der Waals surface area contributed by atoms with E-state index in [9.17, 15) is 13.6 Å². The molecule has 0 saturated carbocycles. The van der Waals surface area contributed by atoms with Crippen LogP contribution in [0.1, 0.15) is 16.8 Å². The van der Waals surface area contributed by atoms with E-state index in [0.29, 0.717) is 19.6 Å². The van der Waals surface area contributed by atoms with Crippen molar-refractivity contribution in [3.8, 4) is 0 Å². The van der Waals surface area contributed by atoms with Gasteiger partial charge in [0.05, 0.1) is 5.56 Å². The van der Waals surface area contributed by atoms with Crippen LogP contribution < -0.4 is 5.73 Å². The SMILES string of the molecule is NCCCN1CCN(C(=O)c2cccc(F)c2F)CC1. The number of benzene rings is 1. The first-order valence-electron chi connectivity index (χ1n) is 6.79. The van der Waals surface area contributed by atoms with E-state index >= 15 is 0 Å². The standard InChI is InChI=1S/C14H19F2N3O/c15-12-4-1-3-11(13(12)16)14(20)19-9-7-18(8-10-19)6-2-5-17/h1,3-4H,2,5-10,17H2. The summed E-state index contributed by atoms with van der Waals surface area (Å²) in [6.45, 7) is 4.09. The van der Waals surface area contributed by atoms with E-state index in [4.69, 9.17) is 5.73 Å². The van der Waals surface area contributed by atoms with Gasteiger partial charge in [-0.25, -0.2) is 8.78 Å². The van der Waals surface area contributed by atoms with Crippen LogP contribution in [0, 0.1) is 11.6 Å². The van der Waals surface area contributed by atoms with Crippen LogP contribution in [0.4, 0.5) is 8.78 Å². The second-order valence-corrected chi connectivity index (χ2v) is 4.88. The number of halogens is 2. The minimum Gasteiger partial charge on any atom is -0.336 e. The van der Waals surface area contributed by atoms with Gasteiger partial charge in [-0.3, -0.25) is 9.69 Å². The van der Waals surface area contributed by atoms with Crippen molar-refractivity contribution >= 4 is 5.91 Å². The van der Waals surface area contributed by atoms with Gasteiger partial charge in [0.15, 0.2) is 11.6 Å². The van der Waals surface area contributed by atoms with Gasteiger partial charge >= 0.3 is 0 Å². The van der Waals surface area contributed by atoms with Crippen LogP contribution in [-0.4, -0.2) is 55.0 Å². The molecule has 110 valence electrons. The van der Waals surface area contributed by atoms with E-state index in [1.807, 2.05) is 0 Å². The fourth-order valence-electron chi connectivity index (χ4n) is 2.33. The molecule has 1 fully saturated rings. The first-order valence-corrected chi connectivity index (χ1v) is 6.79. The van der Waals surface area contributed by atoms with Crippen LogP contribution in [0.25, 0.3) is 0 Å². The molecule has 0 unspecified atom stereocenters. The average molecular weight is 283 g/mol. The molecule has 1 aliphatic heterocycles. The highest BCUT2D eigenvalue weighted by Gasteiger charge is 2.24. The number of amides is 1. The van der Waals surface area contributed by atoms with Crippen molar-refractivity contribution < 1.29 is 13.6 Å². The highest BCUT2D eigenvalue weighted by Crippen LogP contribution is 2.15. The van der Waals surface area contributed by atoms with Crippen LogP contribution in [0.2, 0.25) is 0 Å². The number of carbonyl (C=O) groups excluding carboxylic acids is 1. The number of hydrogen-bond acceptors (Lipinski definition) is 3. The Labute approximate surface area is 117 Å². The first-order chi connectivity index (χ1) is 9.63. The predicted octanol–water partition coefficient (Wildman–Crippen LogP) is 1.07. The highest BCUT2D eigenvalue weighted by atomic mass is 19.2. The summed E-state index contributed by atoms with van der Waals surface area (Å²) in [6.07, 6.45) is 0.923. The Morgan fingerprint density at radius 2 is 1.90 bits per heavy atom. The van der Waals surface area contributed by atoms with Gasteiger partial charge in [0.2, 0.25) is 0 Å². The normalized spacial score (nSPS) is 16.4. The van der Waals surface area contributed by atoms with Gasteiger partial charge in [-0.2, -0.15) is 0 Å². The Kier molecular flexibility index (Phi) is 5.03. The number of nitrogens with two attached hydrogens (primary N) is 1. The van der Waals surface area contributed by atoms with Gasteiger partial charge in [0.1, 0.15) is 0 Å². The quantitative estimate of drug-likeness (QED) is 0.899. The summed E-state index contributed by atoms with van der Waals surface area (Å²) in [6, 6.07) is 3.68. The summed E-state index contributed by atoms with van der Waals surface area (Å²) in [5.41, 5.74) is 5.27. The molecule has 1 aromatic rings. The lowest BCUT2D eigenvalue weighted by atomic mass is 10.1. The van der Waals surface area contributed by atoms with Crippen molar-refractivity contribution in [2.45, 2.75) is 6.42 Å². The van der Waals surface area contributed by atoms with E-state index in [1.54, 1.807) is 4.90 Å². The second kappa shape index (κ2) is 6.76. The summed E-state index contributed by atoms with van der Waals surface area (Å²) < 4.78 is 26.7. The Bertz CT molecular complexity index is 473. The van der Waals surface area contributed by atoms with Crippen molar-refractivity contribution in [1.29, 1.82) is 0 Å². The molecule has 0 atom stereocenters. The third kappa shape index (κ3) is 3.32.